The van der Waals surface area contributed by atoms with Crippen LogP contribution in [0.5, 0.6) is 11.5 Å². The van der Waals surface area contributed by atoms with Gasteiger partial charge in [-0.2, -0.15) is 0 Å². The number of azo groups is 1. The summed E-state index contributed by atoms with van der Waals surface area (Å²) in [4.78, 5) is 4.26. The molecule has 0 spiro atoms. The summed E-state index contributed by atoms with van der Waals surface area (Å²) in [5.41, 5.74) is 2.45. The zero-order valence-corrected chi connectivity index (χ0v) is 11.6. The third-order valence-corrected chi connectivity index (χ3v) is 3.16. The van der Waals surface area contributed by atoms with Crippen molar-refractivity contribution in [2.75, 3.05) is 0 Å². The van der Waals surface area contributed by atoms with E-state index in [4.69, 9.17) is 0 Å². The van der Waals surface area contributed by atoms with Crippen molar-refractivity contribution in [3.8, 4) is 11.5 Å². The van der Waals surface area contributed by atoms with Crippen LogP contribution in [0.25, 0.3) is 5.65 Å². The van der Waals surface area contributed by atoms with Crippen molar-refractivity contribution in [3.63, 3.8) is 0 Å². The number of pyridine rings is 1. The van der Waals surface area contributed by atoms with Gasteiger partial charge in [-0.3, -0.25) is 4.40 Å². The van der Waals surface area contributed by atoms with Gasteiger partial charge in [-0.05, 0) is 43.7 Å². The van der Waals surface area contributed by atoms with E-state index in [1.165, 1.54) is 0 Å². The molecular weight excluding hydrogens is 268 g/mol. The Hall–Kier alpha value is -2.89. The lowest BCUT2D eigenvalue weighted by molar-refractivity contribution is 0.476. The van der Waals surface area contributed by atoms with Crippen LogP contribution in [0.2, 0.25) is 0 Å². The topological polar surface area (TPSA) is 82.5 Å². The Kier molecular flexibility index (Phi) is 3.06. The van der Waals surface area contributed by atoms with Crippen LogP contribution in [0.1, 0.15) is 11.3 Å². The van der Waals surface area contributed by atoms with Crippen LogP contribution in [0.3, 0.4) is 0 Å². The lowest BCUT2D eigenvalue weighted by Crippen LogP contribution is -1.82. The zero-order chi connectivity index (χ0) is 15.0. The second kappa shape index (κ2) is 4.90. The van der Waals surface area contributed by atoms with E-state index in [9.17, 15) is 10.2 Å². The Labute approximate surface area is 121 Å². The predicted molar refractivity (Wildman–Crippen MR) is 78.6 cm³/mol. The minimum Gasteiger partial charge on any atom is -0.506 e. The first-order valence-corrected chi connectivity index (χ1v) is 6.44. The van der Waals surface area contributed by atoms with Crippen LogP contribution >= 0.6 is 0 Å². The Morgan fingerprint density at radius 3 is 2.67 bits per heavy atom. The van der Waals surface area contributed by atoms with Gasteiger partial charge in [0.25, 0.3) is 0 Å². The van der Waals surface area contributed by atoms with E-state index in [1.54, 1.807) is 47.9 Å². The van der Waals surface area contributed by atoms with E-state index in [1.807, 2.05) is 6.92 Å². The average molecular weight is 282 g/mol. The summed E-state index contributed by atoms with van der Waals surface area (Å²) in [6.45, 7) is 3.70. The second-order valence-electron chi connectivity index (χ2n) is 4.80. The number of nitrogens with zero attached hydrogens (tertiary/aromatic N) is 4. The Bertz CT molecular complexity index is 852. The lowest BCUT2D eigenvalue weighted by Gasteiger charge is -2.00. The predicted octanol–water partition coefficient (Wildman–Crippen LogP) is 3.78. The highest BCUT2D eigenvalue weighted by atomic mass is 16.3. The van der Waals surface area contributed by atoms with Gasteiger partial charge in [-0.1, -0.05) is 6.07 Å². The van der Waals surface area contributed by atoms with Crippen LogP contribution in [0.4, 0.5) is 11.5 Å². The molecule has 6 heteroatoms. The van der Waals surface area contributed by atoms with Gasteiger partial charge in [0.15, 0.2) is 17.2 Å². The maximum Gasteiger partial charge on any atom is 0.182 e. The standard InChI is InChI=1S/C15H14N4O2/c1-9-5-6-12(20)11(8-9)17-18-14-10(2)16-15-13(21)4-3-7-19(14)15/h3-8,20-21H,1-2H3. The molecule has 3 rings (SSSR count). The molecule has 0 aliphatic carbocycles. The normalized spacial score (nSPS) is 11.5. The van der Waals surface area contributed by atoms with Crippen LogP contribution in [-0.2, 0) is 0 Å². The van der Waals surface area contributed by atoms with E-state index in [2.05, 4.69) is 15.2 Å². The average Bonchev–Trinajstić information content (AvgIpc) is 2.77. The van der Waals surface area contributed by atoms with Crippen molar-refractivity contribution in [2.24, 2.45) is 10.2 Å². The molecule has 0 aliphatic heterocycles. The largest absolute Gasteiger partial charge is 0.506 e. The van der Waals surface area contributed by atoms with Gasteiger partial charge < -0.3 is 10.2 Å². The number of aryl methyl sites for hydroxylation is 2. The molecule has 0 fully saturated rings. The molecule has 2 N–H and O–H groups in total. The van der Waals surface area contributed by atoms with Gasteiger partial charge >= 0.3 is 0 Å². The number of fused-ring (bicyclic) bond motifs is 1. The highest BCUT2D eigenvalue weighted by Crippen LogP contribution is 2.31. The molecule has 2 aromatic heterocycles. The van der Waals surface area contributed by atoms with Crippen molar-refractivity contribution < 1.29 is 10.2 Å². The zero-order valence-electron chi connectivity index (χ0n) is 11.6. The fraction of sp³-hybridized carbons (Fsp3) is 0.133. The Balaban J connectivity index is 2.09. The number of aromatic nitrogens is 2. The van der Waals surface area contributed by atoms with E-state index >= 15 is 0 Å². The summed E-state index contributed by atoms with van der Waals surface area (Å²) < 4.78 is 1.65. The first-order valence-electron chi connectivity index (χ1n) is 6.44. The lowest BCUT2D eigenvalue weighted by atomic mass is 10.2. The smallest absolute Gasteiger partial charge is 0.182 e. The summed E-state index contributed by atoms with van der Waals surface area (Å²) in [5.74, 6) is 0.668. The number of phenolic OH excluding ortho intramolecular Hbond substituents is 1. The quantitative estimate of drug-likeness (QED) is 0.702. The maximum atomic E-state index is 9.78. The van der Waals surface area contributed by atoms with Crippen LogP contribution in [-0.4, -0.2) is 19.6 Å². The minimum atomic E-state index is 0.0682. The van der Waals surface area contributed by atoms with Crippen LogP contribution in [0.15, 0.2) is 46.8 Å². The number of aromatic hydroxyl groups is 2. The highest BCUT2D eigenvalue weighted by Gasteiger charge is 2.11. The number of benzene rings is 1. The van der Waals surface area contributed by atoms with Gasteiger partial charge in [0.1, 0.15) is 11.4 Å². The summed E-state index contributed by atoms with van der Waals surface area (Å²) >= 11 is 0. The molecule has 0 bridgehead atoms. The van der Waals surface area contributed by atoms with Gasteiger partial charge in [0.05, 0.1) is 5.69 Å². The van der Waals surface area contributed by atoms with E-state index in [0.717, 1.165) is 5.56 Å². The van der Waals surface area contributed by atoms with Crippen molar-refractivity contribution in [1.29, 1.82) is 0 Å². The summed E-state index contributed by atoms with van der Waals surface area (Å²) in [5, 5.41) is 27.8. The monoisotopic (exact) mass is 282 g/mol. The summed E-state index contributed by atoms with van der Waals surface area (Å²) in [7, 11) is 0. The molecule has 0 saturated heterocycles. The fourth-order valence-electron chi connectivity index (χ4n) is 2.09. The maximum absolute atomic E-state index is 9.78. The Morgan fingerprint density at radius 2 is 1.86 bits per heavy atom. The second-order valence-corrected chi connectivity index (χ2v) is 4.80. The van der Waals surface area contributed by atoms with Crippen LogP contribution < -0.4 is 0 Å². The van der Waals surface area contributed by atoms with Gasteiger partial charge in [0, 0.05) is 6.20 Å². The molecular formula is C15H14N4O2. The van der Waals surface area contributed by atoms with Gasteiger partial charge in [-0.25, -0.2) is 4.98 Å². The molecule has 3 aromatic rings. The molecule has 0 radical (unpaired) electrons. The van der Waals surface area contributed by atoms with Crippen molar-refractivity contribution in [3.05, 3.63) is 47.8 Å². The van der Waals surface area contributed by atoms with Gasteiger partial charge in [0.2, 0.25) is 0 Å². The number of imidazole rings is 1. The third kappa shape index (κ3) is 2.31. The van der Waals surface area contributed by atoms with E-state index in [0.29, 0.717) is 22.8 Å². The SMILES string of the molecule is Cc1ccc(O)c(N=Nc2c(C)nc3c(O)cccn23)c1. The van der Waals surface area contributed by atoms with E-state index in [-0.39, 0.29) is 11.5 Å². The molecule has 106 valence electrons. The molecule has 1 aromatic carbocycles. The number of phenols is 1. The first-order chi connectivity index (χ1) is 10.1. The minimum absolute atomic E-state index is 0.0682. The number of hydrogen-bond donors (Lipinski definition) is 2. The molecule has 0 amide bonds. The van der Waals surface area contributed by atoms with Crippen molar-refractivity contribution in [1.82, 2.24) is 9.38 Å². The van der Waals surface area contributed by atoms with Crippen molar-refractivity contribution in [2.45, 2.75) is 13.8 Å². The highest BCUT2D eigenvalue weighted by molar-refractivity contribution is 5.60. The molecule has 2 heterocycles. The molecule has 0 saturated carbocycles. The number of hydrogen-bond acceptors (Lipinski definition) is 5. The van der Waals surface area contributed by atoms with Gasteiger partial charge in [-0.15, -0.1) is 10.2 Å². The molecule has 0 atom stereocenters. The Morgan fingerprint density at radius 1 is 1.05 bits per heavy atom. The van der Waals surface area contributed by atoms with E-state index < -0.39 is 0 Å². The van der Waals surface area contributed by atoms with Crippen molar-refractivity contribution >= 4 is 17.2 Å². The third-order valence-electron chi connectivity index (χ3n) is 3.16. The first kappa shape index (κ1) is 13.1. The fourth-order valence-corrected chi connectivity index (χ4v) is 2.09. The number of rotatable bonds is 2. The van der Waals surface area contributed by atoms with Crippen LogP contribution in [0, 0.1) is 13.8 Å². The summed E-state index contributed by atoms with van der Waals surface area (Å²) in [6, 6.07) is 8.39. The molecule has 21 heavy (non-hydrogen) atoms. The molecule has 0 aliphatic rings. The summed E-state index contributed by atoms with van der Waals surface area (Å²) in [6.07, 6.45) is 1.75. The molecule has 0 unspecified atom stereocenters. The molecule has 6 nitrogen and oxygen atoms in total.